The van der Waals surface area contributed by atoms with E-state index in [2.05, 4.69) is 10.3 Å². The Hall–Kier alpha value is -1.63. The SMILES string of the molecule is Cc1nc(CCNC(=O)N2CCCC2CC(=O)O)cs1. The smallest absolute Gasteiger partial charge is 0.317 e. The summed E-state index contributed by atoms with van der Waals surface area (Å²) in [5, 5.41) is 14.7. The van der Waals surface area contributed by atoms with Gasteiger partial charge in [0.1, 0.15) is 0 Å². The molecule has 0 aromatic carbocycles. The van der Waals surface area contributed by atoms with E-state index in [0.717, 1.165) is 23.5 Å². The van der Waals surface area contributed by atoms with Gasteiger partial charge in [-0.3, -0.25) is 4.79 Å². The van der Waals surface area contributed by atoms with E-state index in [9.17, 15) is 9.59 Å². The summed E-state index contributed by atoms with van der Waals surface area (Å²) < 4.78 is 0. The molecule has 2 heterocycles. The number of aryl methyl sites for hydroxylation is 1. The number of urea groups is 1. The van der Waals surface area contributed by atoms with Gasteiger partial charge in [-0.15, -0.1) is 11.3 Å². The highest BCUT2D eigenvalue weighted by molar-refractivity contribution is 7.09. The van der Waals surface area contributed by atoms with Crippen molar-refractivity contribution in [2.75, 3.05) is 13.1 Å². The summed E-state index contributed by atoms with van der Waals surface area (Å²) >= 11 is 1.60. The molecule has 0 saturated carbocycles. The molecule has 2 amide bonds. The van der Waals surface area contributed by atoms with Gasteiger partial charge in [-0.25, -0.2) is 9.78 Å². The summed E-state index contributed by atoms with van der Waals surface area (Å²) in [4.78, 5) is 28.8. The fourth-order valence-electron chi connectivity index (χ4n) is 2.44. The lowest BCUT2D eigenvalue weighted by Crippen LogP contribution is -2.44. The van der Waals surface area contributed by atoms with Crippen molar-refractivity contribution in [1.82, 2.24) is 15.2 Å². The molecule has 20 heavy (non-hydrogen) atoms. The van der Waals surface area contributed by atoms with E-state index in [1.807, 2.05) is 12.3 Å². The van der Waals surface area contributed by atoms with Crippen molar-refractivity contribution in [2.45, 2.75) is 38.6 Å². The molecule has 0 aliphatic carbocycles. The highest BCUT2D eigenvalue weighted by Gasteiger charge is 2.30. The minimum Gasteiger partial charge on any atom is -0.481 e. The number of nitrogens with zero attached hydrogens (tertiary/aromatic N) is 2. The molecule has 1 aliphatic rings. The van der Waals surface area contributed by atoms with E-state index >= 15 is 0 Å². The maximum atomic E-state index is 12.0. The number of thiazole rings is 1. The van der Waals surface area contributed by atoms with E-state index < -0.39 is 5.97 Å². The van der Waals surface area contributed by atoms with Gasteiger partial charge in [-0.05, 0) is 19.8 Å². The summed E-state index contributed by atoms with van der Waals surface area (Å²) in [6, 6.07) is -0.338. The molecule has 1 aromatic heterocycles. The van der Waals surface area contributed by atoms with Gasteiger partial charge < -0.3 is 15.3 Å². The number of carbonyl (C=O) groups is 2. The van der Waals surface area contributed by atoms with Gasteiger partial charge >= 0.3 is 12.0 Å². The van der Waals surface area contributed by atoms with Crippen LogP contribution in [0.25, 0.3) is 0 Å². The number of aromatic nitrogens is 1. The van der Waals surface area contributed by atoms with Gasteiger partial charge in [0, 0.05) is 30.9 Å². The van der Waals surface area contributed by atoms with Crippen LogP contribution >= 0.6 is 11.3 Å². The molecule has 0 spiro atoms. The molecule has 6 nitrogen and oxygen atoms in total. The largest absolute Gasteiger partial charge is 0.481 e. The number of carboxylic acids is 1. The van der Waals surface area contributed by atoms with Crippen LogP contribution < -0.4 is 5.32 Å². The van der Waals surface area contributed by atoms with Crippen molar-refractivity contribution < 1.29 is 14.7 Å². The minimum absolute atomic E-state index is 0.0265. The number of hydrogen-bond acceptors (Lipinski definition) is 4. The highest BCUT2D eigenvalue weighted by atomic mass is 32.1. The van der Waals surface area contributed by atoms with E-state index in [4.69, 9.17) is 5.11 Å². The Kier molecular flexibility index (Phi) is 4.94. The number of rotatable bonds is 5. The molecule has 1 saturated heterocycles. The van der Waals surface area contributed by atoms with Crippen molar-refractivity contribution in [1.29, 1.82) is 0 Å². The van der Waals surface area contributed by atoms with E-state index in [-0.39, 0.29) is 18.5 Å². The Bertz CT molecular complexity index is 489. The number of nitrogens with one attached hydrogen (secondary N) is 1. The predicted molar refractivity (Wildman–Crippen MR) is 75.9 cm³/mol. The minimum atomic E-state index is -0.854. The Morgan fingerprint density at radius 3 is 3.05 bits per heavy atom. The number of amides is 2. The van der Waals surface area contributed by atoms with Crippen molar-refractivity contribution in [3.63, 3.8) is 0 Å². The zero-order chi connectivity index (χ0) is 14.5. The molecule has 7 heteroatoms. The average Bonchev–Trinajstić information content (AvgIpc) is 2.98. The van der Waals surface area contributed by atoms with Crippen LogP contribution in [0, 0.1) is 6.92 Å². The van der Waals surface area contributed by atoms with Crippen molar-refractivity contribution in [2.24, 2.45) is 0 Å². The average molecular weight is 297 g/mol. The maximum Gasteiger partial charge on any atom is 0.317 e. The second-order valence-corrected chi connectivity index (χ2v) is 5.99. The van der Waals surface area contributed by atoms with Gasteiger partial charge in [0.05, 0.1) is 17.1 Å². The van der Waals surface area contributed by atoms with Gasteiger partial charge in [0.2, 0.25) is 0 Å². The molecule has 1 unspecified atom stereocenters. The second kappa shape index (κ2) is 6.69. The summed E-state index contributed by atoms with van der Waals surface area (Å²) in [6.07, 6.45) is 2.37. The third kappa shape index (κ3) is 3.93. The van der Waals surface area contributed by atoms with Crippen LogP contribution in [0.2, 0.25) is 0 Å². The van der Waals surface area contributed by atoms with Gasteiger partial charge in [0.15, 0.2) is 0 Å². The number of carboxylic acid groups (broad SMARTS) is 1. The lowest BCUT2D eigenvalue weighted by molar-refractivity contribution is -0.137. The van der Waals surface area contributed by atoms with Gasteiger partial charge in [-0.1, -0.05) is 0 Å². The third-order valence-electron chi connectivity index (χ3n) is 3.37. The summed E-state index contributed by atoms with van der Waals surface area (Å²) in [7, 11) is 0. The molecule has 1 aliphatic heterocycles. The summed E-state index contributed by atoms with van der Waals surface area (Å²) in [6.45, 7) is 3.12. The quantitative estimate of drug-likeness (QED) is 0.865. The molecule has 2 rings (SSSR count). The molecule has 1 fully saturated rings. The number of hydrogen-bond donors (Lipinski definition) is 2. The zero-order valence-corrected chi connectivity index (χ0v) is 12.3. The van der Waals surface area contributed by atoms with Crippen LogP contribution in [0.4, 0.5) is 4.79 Å². The predicted octanol–water partition coefficient (Wildman–Crippen LogP) is 1.64. The van der Waals surface area contributed by atoms with Crippen LogP contribution in [0.1, 0.15) is 30.0 Å². The fourth-order valence-corrected chi connectivity index (χ4v) is 3.09. The Morgan fingerprint density at radius 2 is 2.40 bits per heavy atom. The Morgan fingerprint density at radius 1 is 1.60 bits per heavy atom. The molecule has 2 N–H and O–H groups in total. The first kappa shape index (κ1) is 14.8. The molecule has 0 radical (unpaired) electrons. The first-order valence-corrected chi connectivity index (χ1v) is 7.61. The summed E-state index contributed by atoms with van der Waals surface area (Å²) in [5.74, 6) is -0.854. The summed E-state index contributed by atoms with van der Waals surface area (Å²) in [5.41, 5.74) is 0.983. The van der Waals surface area contributed by atoms with E-state index in [1.54, 1.807) is 16.2 Å². The number of carbonyl (C=O) groups excluding carboxylic acids is 1. The van der Waals surface area contributed by atoms with Crippen LogP contribution in [-0.2, 0) is 11.2 Å². The maximum absolute atomic E-state index is 12.0. The first-order chi connectivity index (χ1) is 9.56. The van der Waals surface area contributed by atoms with E-state index in [0.29, 0.717) is 19.5 Å². The molecular weight excluding hydrogens is 278 g/mol. The molecule has 1 aromatic rings. The second-order valence-electron chi connectivity index (χ2n) is 4.93. The Labute approximate surface area is 121 Å². The van der Waals surface area contributed by atoms with Crippen LogP contribution in [0.5, 0.6) is 0 Å². The van der Waals surface area contributed by atoms with E-state index in [1.165, 1.54) is 0 Å². The van der Waals surface area contributed by atoms with Crippen molar-refractivity contribution in [3.8, 4) is 0 Å². The van der Waals surface area contributed by atoms with Crippen LogP contribution in [0.15, 0.2) is 5.38 Å². The Balaban J connectivity index is 1.77. The first-order valence-electron chi connectivity index (χ1n) is 6.73. The van der Waals surface area contributed by atoms with Gasteiger partial charge in [0.25, 0.3) is 0 Å². The van der Waals surface area contributed by atoms with Crippen molar-refractivity contribution >= 4 is 23.3 Å². The molecule has 0 bridgehead atoms. The van der Waals surface area contributed by atoms with Gasteiger partial charge in [-0.2, -0.15) is 0 Å². The van der Waals surface area contributed by atoms with Crippen molar-refractivity contribution in [3.05, 3.63) is 16.1 Å². The topological polar surface area (TPSA) is 82.5 Å². The normalized spacial score (nSPS) is 18.2. The van der Waals surface area contributed by atoms with Crippen LogP contribution in [0.3, 0.4) is 0 Å². The lowest BCUT2D eigenvalue weighted by Gasteiger charge is -2.23. The highest BCUT2D eigenvalue weighted by Crippen LogP contribution is 2.20. The monoisotopic (exact) mass is 297 g/mol. The number of likely N-dealkylation sites (tertiary alicyclic amines) is 1. The molecule has 1 atom stereocenters. The molecule has 110 valence electrons. The third-order valence-corrected chi connectivity index (χ3v) is 4.19. The zero-order valence-electron chi connectivity index (χ0n) is 11.5. The van der Waals surface area contributed by atoms with Crippen LogP contribution in [-0.4, -0.2) is 46.1 Å². The number of aliphatic carboxylic acids is 1. The standard InChI is InChI=1S/C13H19N3O3S/c1-9-15-10(8-20-9)4-5-14-13(19)16-6-2-3-11(16)7-12(17)18/h8,11H,2-7H2,1H3,(H,14,19)(H,17,18). The lowest BCUT2D eigenvalue weighted by atomic mass is 10.1. The fraction of sp³-hybridized carbons (Fsp3) is 0.615. The molecular formula is C13H19N3O3S.